The third-order valence-electron chi connectivity index (χ3n) is 3.35. The van der Waals surface area contributed by atoms with E-state index in [1.54, 1.807) is 18.2 Å². The molecular formula is C15H19NO4. The Kier molecular flexibility index (Phi) is 5.12. The highest BCUT2D eigenvalue weighted by Gasteiger charge is 2.17. The average Bonchev–Trinajstić information content (AvgIpc) is 2.46. The topological polar surface area (TPSA) is 75.6 Å². The van der Waals surface area contributed by atoms with E-state index in [0.717, 1.165) is 31.4 Å². The van der Waals surface area contributed by atoms with Gasteiger partial charge >= 0.3 is 5.97 Å². The summed E-state index contributed by atoms with van der Waals surface area (Å²) in [7, 11) is 0. The molecule has 1 atom stereocenters. The predicted octanol–water partition coefficient (Wildman–Crippen LogP) is 1.96. The van der Waals surface area contributed by atoms with E-state index in [2.05, 4.69) is 5.32 Å². The first-order valence-corrected chi connectivity index (χ1v) is 6.85. The Bertz CT molecular complexity index is 481. The minimum Gasteiger partial charge on any atom is -0.478 e. The number of carboxylic acid groups (broad SMARTS) is 1. The number of hydrogen-bond acceptors (Lipinski definition) is 3. The lowest BCUT2D eigenvalue weighted by atomic mass is 10.1. The molecule has 0 aliphatic carbocycles. The van der Waals surface area contributed by atoms with Crippen LogP contribution in [0.5, 0.6) is 0 Å². The van der Waals surface area contributed by atoms with E-state index in [1.807, 2.05) is 0 Å². The van der Waals surface area contributed by atoms with Crippen LogP contribution in [0.4, 0.5) is 0 Å². The number of nitrogens with one attached hydrogen (secondary N) is 1. The number of aromatic carboxylic acids is 1. The largest absolute Gasteiger partial charge is 0.478 e. The summed E-state index contributed by atoms with van der Waals surface area (Å²) in [5.74, 6) is -1.02. The molecule has 5 heteroatoms. The van der Waals surface area contributed by atoms with Crippen molar-refractivity contribution >= 4 is 11.9 Å². The zero-order chi connectivity index (χ0) is 14.4. The number of carbonyl (C=O) groups is 2. The maximum Gasteiger partial charge on any atom is 0.335 e. The molecule has 2 N–H and O–H groups in total. The number of rotatable bonds is 5. The Labute approximate surface area is 117 Å². The molecule has 1 saturated heterocycles. The minimum atomic E-state index is -0.964. The summed E-state index contributed by atoms with van der Waals surface area (Å²) in [6.07, 6.45) is 3.51. The highest BCUT2D eigenvalue weighted by atomic mass is 16.5. The lowest BCUT2D eigenvalue weighted by molar-refractivity contribution is -0.125. The third kappa shape index (κ3) is 4.35. The van der Waals surface area contributed by atoms with Gasteiger partial charge in [0, 0.05) is 13.2 Å². The lowest BCUT2D eigenvalue weighted by Gasteiger charge is -2.21. The summed E-state index contributed by atoms with van der Waals surface area (Å²) in [6.45, 7) is 1.07. The first-order valence-electron chi connectivity index (χ1n) is 6.85. The van der Waals surface area contributed by atoms with E-state index in [9.17, 15) is 9.59 Å². The van der Waals surface area contributed by atoms with Gasteiger partial charge in [0.2, 0.25) is 5.91 Å². The number of carbonyl (C=O) groups excluding carboxylic acids is 1. The molecule has 1 heterocycles. The molecule has 0 saturated carbocycles. The summed E-state index contributed by atoms with van der Waals surface area (Å²) < 4.78 is 5.51. The number of carboxylic acids is 1. The Morgan fingerprint density at radius 3 is 2.90 bits per heavy atom. The van der Waals surface area contributed by atoms with E-state index in [-0.39, 0.29) is 17.6 Å². The minimum absolute atomic E-state index is 0.0223. The van der Waals surface area contributed by atoms with Gasteiger partial charge in [-0.05, 0) is 37.0 Å². The van der Waals surface area contributed by atoms with E-state index < -0.39 is 5.97 Å². The van der Waals surface area contributed by atoms with Crippen LogP contribution in [0.2, 0.25) is 0 Å². The van der Waals surface area contributed by atoms with Gasteiger partial charge in [-0.2, -0.15) is 0 Å². The molecule has 1 amide bonds. The average molecular weight is 277 g/mol. The Morgan fingerprint density at radius 2 is 2.20 bits per heavy atom. The second kappa shape index (κ2) is 7.05. The molecule has 0 radical (unpaired) electrons. The summed E-state index contributed by atoms with van der Waals surface area (Å²) in [5.41, 5.74) is 1.01. The molecule has 0 bridgehead atoms. The van der Waals surface area contributed by atoms with Gasteiger partial charge in [-0.3, -0.25) is 4.79 Å². The predicted molar refractivity (Wildman–Crippen MR) is 73.5 cm³/mol. The Hall–Kier alpha value is -1.88. The number of hydrogen-bond donors (Lipinski definition) is 2. The van der Waals surface area contributed by atoms with E-state index in [0.29, 0.717) is 13.0 Å². The molecule has 1 fully saturated rings. The van der Waals surface area contributed by atoms with Gasteiger partial charge < -0.3 is 15.2 Å². The normalized spacial score (nSPS) is 18.5. The van der Waals surface area contributed by atoms with Crippen LogP contribution in [0.3, 0.4) is 0 Å². The van der Waals surface area contributed by atoms with Crippen molar-refractivity contribution in [2.45, 2.75) is 38.3 Å². The smallest absolute Gasteiger partial charge is 0.335 e. The van der Waals surface area contributed by atoms with E-state index in [4.69, 9.17) is 9.84 Å². The summed E-state index contributed by atoms with van der Waals surface area (Å²) >= 11 is 0. The summed E-state index contributed by atoms with van der Waals surface area (Å²) in [6, 6.07) is 6.57. The highest BCUT2D eigenvalue weighted by molar-refractivity contribution is 5.87. The molecule has 1 aliphatic rings. The van der Waals surface area contributed by atoms with Crippen LogP contribution in [0, 0.1) is 0 Å². The Morgan fingerprint density at radius 1 is 1.35 bits per heavy atom. The molecule has 5 nitrogen and oxygen atoms in total. The standard InChI is InChI=1S/C15H19NO4/c17-14(9-13-6-1-2-7-20-13)16-10-11-4-3-5-12(8-11)15(18)19/h3-5,8,13H,1-2,6-7,9-10H2,(H,16,17)(H,18,19). The number of amides is 1. The van der Waals surface area contributed by atoms with Crippen LogP contribution in [-0.2, 0) is 16.1 Å². The van der Waals surface area contributed by atoms with E-state index in [1.165, 1.54) is 6.07 Å². The van der Waals surface area contributed by atoms with Gasteiger partial charge in [0.25, 0.3) is 0 Å². The lowest BCUT2D eigenvalue weighted by Crippen LogP contribution is -2.30. The quantitative estimate of drug-likeness (QED) is 0.862. The van der Waals surface area contributed by atoms with Gasteiger partial charge in [0.05, 0.1) is 18.1 Å². The number of ether oxygens (including phenoxy) is 1. The fourth-order valence-electron chi connectivity index (χ4n) is 2.26. The molecule has 2 rings (SSSR count). The van der Waals surface area contributed by atoms with Crippen molar-refractivity contribution in [3.63, 3.8) is 0 Å². The third-order valence-corrected chi connectivity index (χ3v) is 3.35. The second-order valence-electron chi connectivity index (χ2n) is 4.97. The zero-order valence-electron chi connectivity index (χ0n) is 11.3. The molecule has 1 aliphatic heterocycles. The van der Waals surface area contributed by atoms with Crippen LogP contribution in [-0.4, -0.2) is 29.7 Å². The molecule has 0 spiro atoms. The highest BCUT2D eigenvalue weighted by Crippen LogP contribution is 2.15. The molecule has 1 aromatic carbocycles. The van der Waals surface area contributed by atoms with Crippen LogP contribution in [0.15, 0.2) is 24.3 Å². The first kappa shape index (κ1) is 14.5. The van der Waals surface area contributed by atoms with Crippen molar-refractivity contribution in [3.05, 3.63) is 35.4 Å². The molecule has 1 aromatic rings. The fourth-order valence-corrected chi connectivity index (χ4v) is 2.26. The van der Waals surface area contributed by atoms with Crippen LogP contribution >= 0.6 is 0 Å². The maximum absolute atomic E-state index is 11.8. The van der Waals surface area contributed by atoms with Crippen molar-refractivity contribution in [2.75, 3.05) is 6.61 Å². The Balaban J connectivity index is 1.80. The van der Waals surface area contributed by atoms with Crippen molar-refractivity contribution < 1.29 is 19.4 Å². The maximum atomic E-state index is 11.8. The van der Waals surface area contributed by atoms with E-state index >= 15 is 0 Å². The van der Waals surface area contributed by atoms with Gasteiger partial charge in [-0.1, -0.05) is 12.1 Å². The molecular weight excluding hydrogens is 258 g/mol. The molecule has 0 aromatic heterocycles. The van der Waals surface area contributed by atoms with Crippen LogP contribution < -0.4 is 5.32 Å². The second-order valence-corrected chi connectivity index (χ2v) is 4.97. The molecule has 108 valence electrons. The van der Waals surface area contributed by atoms with Gasteiger partial charge in [-0.15, -0.1) is 0 Å². The van der Waals surface area contributed by atoms with Crippen molar-refractivity contribution in [3.8, 4) is 0 Å². The summed E-state index contributed by atoms with van der Waals surface area (Å²) in [4.78, 5) is 22.6. The monoisotopic (exact) mass is 277 g/mol. The zero-order valence-corrected chi connectivity index (χ0v) is 11.3. The van der Waals surface area contributed by atoms with Gasteiger partial charge in [-0.25, -0.2) is 4.79 Å². The van der Waals surface area contributed by atoms with Gasteiger partial charge in [0.15, 0.2) is 0 Å². The van der Waals surface area contributed by atoms with Gasteiger partial charge in [0.1, 0.15) is 0 Å². The number of benzene rings is 1. The first-order chi connectivity index (χ1) is 9.65. The summed E-state index contributed by atoms with van der Waals surface area (Å²) in [5, 5.41) is 11.7. The van der Waals surface area contributed by atoms with Crippen molar-refractivity contribution in [1.29, 1.82) is 0 Å². The molecule has 1 unspecified atom stereocenters. The van der Waals surface area contributed by atoms with Crippen LogP contribution in [0.1, 0.15) is 41.6 Å². The molecule has 20 heavy (non-hydrogen) atoms. The van der Waals surface area contributed by atoms with Crippen molar-refractivity contribution in [2.24, 2.45) is 0 Å². The SMILES string of the molecule is O=C(CC1CCCCO1)NCc1cccc(C(=O)O)c1. The van der Waals surface area contributed by atoms with Crippen LogP contribution in [0.25, 0.3) is 0 Å². The van der Waals surface area contributed by atoms with Crippen molar-refractivity contribution in [1.82, 2.24) is 5.32 Å². The fraction of sp³-hybridized carbons (Fsp3) is 0.467.